The maximum atomic E-state index is 13.3. The molecule has 3 rings (SSSR count). The number of methoxy groups -OCH3 is 1. The van der Waals surface area contributed by atoms with Crippen LogP contribution in [0.5, 0.6) is 5.75 Å². The quantitative estimate of drug-likeness (QED) is 0.825. The van der Waals surface area contributed by atoms with Crippen LogP contribution in [0.15, 0.2) is 24.3 Å². The molecule has 1 aromatic carbocycles. The number of rotatable bonds is 2. The molecule has 0 aromatic heterocycles. The minimum absolute atomic E-state index is 0.234. The normalized spacial score (nSPS) is 28.4. The van der Waals surface area contributed by atoms with E-state index < -0.39 is 0 Å². The molecular formula is C20H29NO2. The van der Waals surface area contributed by atoms with Crippen molar-refractivity contribution in [2.24, 2.45) is 11.3 Å². The largest absolute Gasteiger partial charge is 0.497 e. The maximum Gasteiger partial charge on any atom is 0.233 e. The topological polar surface area (TPSA) is 29.5 Å². The fourth-order valence-corrected chi connectivity index (χ4v) is 4.35. The number of nitrogens with zero attached hydrogens (tertiary/aromatic N) is 1. The molecule has 0 aliphatic carbocycles. The Labute approximate surface area is 140 Å². The lowest BCUT2D eigenvalue weighted by atomic mass is 9.64. The monoisotopic (exact) mass is 315 g/mol. The lowest BCUT2D eigenvalue weighted by Crippen LogP contribution is -2.50. The zero-order valence-corrected chi connectivity index (χ0v) is 14.9. The Bertz CT molecular complexity index is 572. The summed E-state index contributed by atoms with van der Waals surface area (Å²) in [6, 6.07) is 8.19. The Hall–Kier alpha value is -1.51. The van der Waals surface area contributed by atoms with E-state index in [1.165, 1.54) is 5.56 Å². The summed E-state index contributed by atoms with van der Waals surface area (Å²) in [5.41, 5.74) is 1.07. The van der Waals surface area contributed by atoms with Crippen LogP contribution in [0, 0.1) is 11.3 Å². The van der Waals surface area contributed by atoms with Crippen LogP contribution in [0.2, 0.25) is 0 Å². The zero-order valence-electron chi connectivity index (χ0n) is 14.9. The third-order valence-corrected chi connectivity index (χ3v) is 5.94. The minimum Gasteiger partial charge on any atom is -0.497 e. The van der Waals surface area contributed by atoms with Gasteiger partial charge in [0.25, 0.3) is 0 Å². The van der Waals surface area contributed by atoms with Crippen molar-refractivity contribution in [3.05, 3.63) is 29.8 Å². The predicted octanol–water partition coefficient (Wildman–Crippen LogP) is 4.01. The Morgan fingerprint density at radius 3 is 2.48 bits per heavy atom. The van der Waals surface area contributed by atoms with Crippen molar-refractivity contribution >= 4 is 5.91 Å². The number of ether oxygens (including phenoxy) is 1. The van der Waals surface area contributed by atoms with Gasteiger partial charge in [0.05, 0.1) is 12.5 Å². The van der Waals surface area contributed by atoms with Gasteiger partial charge in [0.15, 0.2) is 0 Å². The first-order valence-corrected chi connectivity index (χ1v) is 8.81. The molecular weight excluding hydrogens is 286 g/mol. The van der Waals surface area contributed by atoms with Gasteiger partial charge in [-0.05, 0) is 54.7 Å². The first kappa shape index (κ1) is 16.4. The molecule has 23 heavy (non-hydrogen) atoms. The summed E-state index contributed by atoms with van der Waals surface area (Å²) in [5, 5.41) is 0. The Balaban J connectivity index is 2.03. The molecule has 2 atom stereocenters. The highest BCUT2D eigenvalue weighted by atomic mass is 16.5. The van der Waals surface area contributed by atoms with E-state index in [9.17, 15) is 4.79 Å². The fraction of sp³-hybridized carbons (Fsp3) is 0.650. The molecule has 2 aliphatic heterocycles. The first-order valence-electron chi connectivity index (χ1n) is 8.81. The van der Waals surface area contributed by atoms with E-state index in [0.717, 1.165) is 44.5 Å². The van der Waals surface area contributed by atoms with Gasteiger partial charge in [0, 0.05) is 13.1 Å². The molecule has 1 aromatic rings. The lowest BCUT2D eigenvalue weighted by Gasteiger charge is -2.42. The summed E-state index contributed by atoms with van der Waals surface area (Å²) in [5.74, 6) is 1.77. The van der Waals surface area contributed by atoms with E-state index in [-0.39, 0.29) is 10.8 Å². The second kappa shape index (κ2) is 5.85. The zero-order chi connectivity index (χ0) is 16.7. The van der Waals surface area contributed by atoms with Crippen LogP contribution in [0.3, 0.4) is 0 Å². The summed E-state index contributed by atoms with van der Waals surface area (Å²) in [6.45, 7) is 8.78. The van der Waals surface area contributed by atoms with Gasteiger partial charge in [-0.25, -0.2) is 0 Å². The number of piperidine rings is 1. The van der Waals surface area contributed by atoms with Crippen molar-refractivity contribution in [3.63, 3.8) is 0 Å². The summed E-state index contributed by atoms with van der Waals surface area (Å²) in [4.78, 5) is 15.4. The highest BCUT2D eigenvalue weighted by Gasteiger charge is 2.49. The molecule has 2 fully saturated rings. The second-order valence-corrected chi connectivity index (χ2v) is 8.26. The minimum atomic E-state index is -0.334. The van der Waals surface area contributed by atoms with Gasteiger partial charge in [0.1, 0.15) is 5.75 Å². The van der Waals surface area contributed by atoms with Crippen molar-refractivity contribution in [2.75, 3.05) is 20.2 Å². The molecule has 0 radical (unpaired) electrons. The molecule has 3 heteroatoms. The number of hydrogen-bond donors (Lipinski definition) is 0. The number of hydrogen-bond acceptors (Lipinski definition) is 2. The smallest absolute Gasteiger partial charge is 0.233 e. The molecule has 0 unspecified atom stereocenters. The van der Waals surface area contributed by atoms with Crippen LogP contribution in [0.1, 0.15) is 52.0 Å². The van der Waals surface area contributed by atoms with Crippen molar-refractivity contribution in [3.8, 4) is 5.75 Å². The number of amides is 1. The summed E-state index contributed by atoms with van der Waals surface area (Å²) >= 11 is 0. The van der Waals surface area contributed by atoms with Crippen LogP contribution in [-0.4, -0.2) is 31.0 Å². The SMILES string of the molecule is COc1ccc([C@]23CCCN(CC[C@H](C(C)(C)C)C2)C3=O)cc1. The Kier molecular flexibility index (Phi) is 4.16. The van der Waals surface area contributed by atoms with Gasteiger partial charge < -0.3 is 9.64 Å². The van der Waals surface area contributed by atoms with Crippen LogP contribution in [0.4, 0.5) is 0 Å². The molecule has 3 nitrogen and oxygen atoms in total. The fourth-order valence-electron chi connectivity index (χ4n) is 4.35. The standard InChI is InChI=1S/C20H29NO2/c1-19(2,3)16-10-13-21-12-5-11-20(14-16,18(21)22)15-6-8-17(23-4)9-7-15/h6-9,16H,5,10-14H2,1-4H3/t16-,20-/m0/s1. The second-order valence-electron chi connectivity index (χ2n) is 8.26. The third-order valence-electron chi connectivity index (χ3n) is 5.94. The van der Waals surface area contributed by atoms with Crippen molar-refractivity contribution in [1.82, 2.24) is 4.90 Å². The maximum absolute atomic E-state index is 13.3. The van der Waals surface area contributed by atoms with Crippen LogP contribution < -0.4 is 4.74 Å². The Morgan fingerprint density at radius 2 is 1.87 bits per heavy atom. The highest BCUT2D eigenvalue weighted by Crippen LogP contribution is 2.48. The highest BCUT2D eigenvalue weighted by molar-refractivity contribution is 5.89. The van der Waals surface area contributed by atoms with E-state index in [1.807, 2.05) is 12.1 Å². The van der Waals surface area contributed by atoms with E-state index in [1.54, 1.807) is 7.11 Å². The number of benzene rings is 1. The van der Waals surface area contributed by atoms with Gasteiger partial charge in [0.2, 0.25) is 5.91 Å². The van der Waals surface area contributed by atoms with Crippen molar-refractivity contribution < 1.29 is 9.53 Å². The van der Waals surface area contributed by atoms with Crippen molar-refractivity contribution in [1.29, 1.82) is 0 Å². The lowest BCUT2D eigenvalue weighted by molar-refractivity contribution is -0.140. The average Bonchev–Trinajstić information content (AvgIpc) is 2.61. The molecule has 0 spiro atoms. The van der Waals surface area contributed by atoms with Gasteiger partial charge in [-0.15, -0.1) is 0 Å². The van der Waals surface area contributed by atoms with E-state index in [4.69, 9.17) is 4.74 Å². The Morgan fingerprint density at radius 1 is 1.17 bits per heavy atom. The van der Waals surface area contributed by atoms with Gasteiger partial charge >= 0.3 is 0 Å². The summed E-state index contributed by atoms with van der Waals surface area (Å²) < 4.78 is 5.29. The molecule has 2 saturated heterocycles. The molecule has 2 bridgehead atoms. The van der Waals surface area contributed by atoms with Gasteiger partial charge in [-0.2, -0.15) is 0 Å². The molecule has 1 amide bonds. The molecule has 126 valence electrons. The van der Waals surface area contributed by atoms with E-state index in [0.29, 0.717) is 11.8 Å². The number of fused-ring (bicyclic) bond motifs is 2. The van der Waals surface area contributed by atoms with Crippen LogP contribution in [0.25, 0.3) is 0 Å². The van der Waals surface area contributed by atoms with Gasteiger partial charge in [-0.3, -0.25) is 4.79 Å². The summed E-state index contributed by atoms with van der Waals surface area (Å²) in [7, 11) is 1.68. The summed E-state index contributed by atoms with van der Waals surface area (Å²) in [6.07, 6.45) is 4.17. The predicted molar refractivity (Wildman–Crippen MR) is 92.7 cm³/mol. The third kappa shape index (κ3) is 2.86. The number of carbonyl (C=O) groups is 1. The van der Waals surface area contributed by atoms with Crippen LogP contribution >= 0.6 is 0 Å². The van der Waals surface area contributed by atoms with Gasteiger partial charge in [-0.1, -0.05) is 32.9 Å². The van der Waals surface area contributed by atoms with Crippen molar-refractivity contribution in [2.45, 2.75) is 51.9 Å². The van der Waals surface area contributed by atoms with E-state index in [2.05, 4.69) is 37.8 Å². The number of carbonyl (C=O) groups excluding carboxylic acids is 1. The molecule has 2 heterocycles. The molecule has 0 N–H and O–H groups in total. The molecule has 0 saturated carbocycles. The molecule has 2 aliphatic rings. The van der Waals surface area contributed by atoms with E-state index >= 15 is 0 Å². The van der Waals surface area contributed by atoms with Crippen LogP contribution in [-0.2, 0) is 10.2 Å². The average molecular weight is 315 g/mol. The first-order chi connectivity index (χ1) is 10.9.